The second kappa shape index (κ2) is 5.95. The molecule has 0 aliphatic carbocycles. The van der Waals surface area contributed by atoms with Crippen LogP contribution in [0, 0.1) is 10.1 Å². The molecule has 0 unspecified atom stereocenters. The van der Waals surface area contributed by atoms with Gasteiger partial charge in [0.15, 0.2) is 4.34 Å². The van der Waals surface area contributed by atoms with Crippen LogP contribution in [-0.2, 0) is 6.42 Å². The average molecular weight is 297 g/mol. The molecule has 0 aliphatic heterocycles. The number of nitrogen functional groups attached to an aromatic ring is 1. The Labute approximate surface area is 117 Å². The summed E-state index contributed by atoms with van der Waals surface area (Å²) in [7, 11) is 0. The summed E-state index contributed by atoms with van der Waals surface area (Å²) in [5, 5.41) is 11.1. The van der Waals surface area contributed by atoms with E-state index >= 15 is 0 Å². The standard InChI is InChI=1S/C10H11N5O2S2/c1-2-8-12-10(19-14-8)18-7-5-3-4-6(13-11)9(7)15(16)17/h3-5,13H,2,11H2,1H3. The number of rotatable bonds is 5. The molecule has 0 spiro atoms. The van der Waals surface area contributed by atoms with Crippen molar-refractivity contribution in [3.8, 4) is 0 Å². The van der Waals surface area contributed by atoms with Gasteiger partial charge in [-0.25, -0.2) is 4.98 Å². The van der Waals surface area contributed by atoms with Crippen LogP contribution in [0.3, 0.4) is 0 Å². The first kappa shape index (κ1) is 13.7. The van der Waals surface area contributed by atoms with Gasteiger partial charge in [0, 0.05) is 6.42 Å². The molecular formula is C10H11N5O2S2. The minimum atomic E-state index is -0.459. The number of nitrogens with zero attached hydrogens (tertiary/aromatic N) is 3. The largest absolute Gasteiger partial charge is 0.318 e. The molecule has 1 aromatic heterocycles. The fourth-order valence-electron chi connectivity index (χ4n) is 1.43. The predicted octanol–water partition coefficient (Wildman–Crippen LogP) is 2.45. The topological polar surface area (TPSA) is 107 Å². The number of hydrogen-bond acceptors (Lipinski definition) is 8. The molecule has 7 nitrogen and oxygen atoms in total. The van der Waals surface area contributed by atoms with E-state index < -0.39 is 4.92 Å². The zero-order valence-corrected chi connectivity index (χ0v) is 11.6. The van der Waals surface area contributed by atoms with Crippen LogP contribution >= 0.6 is 23.3 Å². The van der Waals surface area contributed by atoms with E-state index in [4.69, 9.17) is 5.84 Å². The molecule has 1 heterocycles. The lowest BCUT2D eigenvalue weighted by Gasteiger charge is -2.05. The van der Waals surface area contributed by atoms with E-state index in [0.717, 1.165) is 12.2 Å². The number of aromatic nitrogens is 2. The lowest BCUT2D eigenvalue weighted by atomic mass is 10.3. The smallest absolute Gasteiger partial charge is 0.307 e. The van der Waals surface area contributed by atoms with Gasteiger partial charge in [0.2, 0.25) is 0 Å². The Bertz CT molecular complexity index is 601. The molecule has 19 heavy (non-hydrogen) atoms. The minimum absolute atomic E-state index is 0.0525. The molecule has 2 aromatic rings. The van der Waals surface area contributed by atoms with E-state index in [1.807, 2.05) is 6.92 Å². The number of nitro benzene ring substituents is 1. The number of para-hydroxylation sites is 1. The van der Waals surface area contributed by atoms with Crippen molar-refractivity contribution in [2.45, 2.75) is 22.6 Å². The normalized spacial score (nSPS) is 10.4. The molecule has 1 aromatic carbocycles. The maximum absolute atomic E-state index is 11.1. The Balaban J connectivity index is 2.36. The lowest BCUT2D eigenvalue weighted by Crippen LogP contribution is -2.09. The summed E-state index contributed by atoms with van der Waals surface area (Å²) in [4.78, 5) is 15.4. The van der Waals surface area contributed by atoms with Crippen molar-refractivity contribution in [3.05, 3.63) is 34.1 Å². The van der Waals surface area contributed by atoms with Crippen molar-refractivity contribution in [3.63, 3.8) is 0 Å². The molecule has 0 saturated heterocycles. The van der Waals surface area contributed by atoms with Crippen molar-refractivity contribution in [1.82, 2.24) is 9.36 Å². The number of anilines is 1. The highest BCUT2D eigenvalue weighted by Gasteiger charge is 2.21. The summed E-state index contributed by atoms with van der Waals surface area (Å²) in [6.45, 7) is 1.96. The Morgan fingerprint density at radius 1 is 1.58 bits per heavy atom. The molecule has 100 valence electrons. The van der Waals surface area contributed by atoms with Crippen molar-refractivity contribution in [2.24, 2.45) is 5.84 Å². The third-order valence-electron chi connectivity index (χ3n) is 2.30. The van der Waals surface area contributed by atoms with Gasteiger partial charge >= 0.3 is 5.69 Å². The van der Waals surface area contributed by atoms with Gasteiger partial charge < -0.3 is 5.43 Å². The summed E-state index contributed by atoms with van der Waals surface area (Å²) in [6, 6.07) is 4.92. The first-order valence-electron chi connectivity index (χ1n) is 5.40. The van der Waals surface area contributed by atoms with Crippen molar-refractivity contribution >= 4 is 34.7 Å². The first-order chi connectivity index (χ1) is 9.15. The van der Waals surface area contributed by atoms with Crippen LogP contribution in [0.4, 0.5) is 11.4 Å². The number of hydrogen-bond donors (Lipinski definition) is 2. The van der Waals surface area contributed by atoms with Crippen LogP contribution in [-0.4, -0.2) is 14.3 Å². The summed E-state index contributed by atoms with van der Waals surface area (Å²) in [6.07, 6.45) is 0.740. The predicted molar refractivity (Wildman–Crippen MR) is 74.3 cm³/mol. The number of benzene rings is 1. The summed E-state index contributed by atoms with van der Waals surface area (Å²) in [5.41, 5.74) is 2.55. The van der Waals surface area contributed by atoms with Gasteiger partial charge in [-0.15, -0.1) is 0 Å². The number of nitro groups is 1. The maximum Gasteiger partial charge on any atom is 0.307 e. The Morgan fingerprint density at radius 3 is 2.95 bits per heavy atom. The van der Waals surface area contributed by atoms with Gasteiger partial charge in [0.05, 0.1) is 9.82 Å². The Morgan fingerprint density at radius 2 is 2.37 bits per heavy atom. The van der Waals surface area contributed by atoms with Crippen LogP contribution in [0.5, 0.6) is 0 Å². The van der Waals surface area contributed by atoms with Gasteiger partial charge in [-0.1, -0.05) is 24.8 Å². The highest BCUT2D eigenvalue weighted by molar-refractivity contribution is 8.01. The van der Waals surface area contributed by atoms with Crippen molar-refractivity contribution < 1.29 is 4.92 Å². The van der Waals surface area contributed by atoms with Gasteiger partial charge in [-0.2, -0.15) is 4.37 Å². The first-order valence-corrected chi connectivity index (χ1v) is 6.99. The van der Waals surface area contributed by atoms with Crippen molar-refractivity contribution in [1.29, 1.82) is 0 Å². The highest BCUT2D eigenvalue weighted by Crippen LogP contribution is 2.39. The summed E-state index contributed by atoms with van der Waals surface area (Å²) in [5.74, 6) is 6.03. The van der Waals surface area contributed by atoms with Gasteiger partial charge in [0.25, 0.3) is 0 Å². The average Bonchev–Trinajstić information content (AvgIpc) is 2.85. The molecule has 0 amide bonds. The molecule has 0 aliphatic rings. The van der Waals surface area contributed by atoms with Gasteiger partial charge in [-0.3, -0.25) is 16.0 Å². The van der Waals surface area contributed by atoms with E-state index in [9.17, 15) is 10.1 Å². The van der Waals surface area contributed by atoms with Crippen LogP contribution in [0.25, 0.3) is 0 Å². The zero-order valence-electron chi connectivity index (χ0n) is 9.99. The summed E-state index contributed by atoms with van der Waals surface area (Å²) >= 11 is 2.45. The monoisotopic (exact) mass is 297 g/mol. The second-order valence-corrected chi connectivity index (χ2v) is 5.53. The molecule has 3 N–H and O–H groups in total. The quantitative estimate of drug-likeness (QED) is 0.496. The highest BCUT2D eigenvalue weighted by atomic mass is 32.2. The molecular weight excluding hydrogens is 286 g/mol. The molecule has 0 fully saturated rings. The molecule has 2 rings (SSSR count). The SMILES string of the molecule is CCc1nsc(Sc2cccc(NN)c2[N+](=O)[O-])n1. The maximum atomic E-state index is 11.1. The van der Waals surface area contributed by atoms with Crippen molar-refractivity contribution in [2.75, 3.05) is 5.43 Å². The zero-order chi connectivity index (χ0) is 13.8. The van der Waals surface area contributed by atoms with E-state index in [1.165, 1.54) is 23.3 Å². The fraction of sp³-hybridized carbons (Fsp3) is 0.200. The van der Waals surface area contributed by atoms with Crippen LogP contribution < -0.4 is 11.3 Å². The fourth-order valence-corrected chi connectivity index (χ4v) is 3.22. The van der Waals surface area contributed by atoms with Gasteiger partial charge in [-0.05, 0) is 23.7 Å². The second-order valence-electron chi connectivity index (χ2n) is 3.49. The van der Waals surface area contributed by atoms with Gasteiger partial charge in [0.1, 0.15) is 11.5 Å². The summed E-state index contributed by atoms with van der Waals surface area (Å²) < 4.78 is 4.82. The number of aryl methyl sites for hydroxylation is 1. The third kappa shape index (κ3) is 3.00. The van der Waals surface area contributed by atoms with Crippen LogP contribution in [0.1, 0.15) is 12.7 Å². The van der Waals surface area contributed by atoms with E-state index in [1.54, 1.807) is 18.2 Å². The molecule has 0 radical (unpaired) electrons. The third-order valence-corrected chi connectivity index (χ3v) is 4.14. The lowest BCUT2D eigenvalue weighted by molar-refractivity contribution is -0.386. The van der Waals surface area contributed by atoms with Crippen LogP contribution in [0.15, 0.2) is 27.4 Å². The van der Waals surface area contributed by atoms with E-state index in [2.05, 4.69) is 14.8 Å². The van der Waals surface area contributed by atoms with E-state index in [0.29, 0.717) is 9.24 Å². The number of nitrogens with one attached hydrogen (secondary N) is 1. The Kier molecular flexibility index (Phi) is 4.30. The Hall–Kier alpha value is -1.71. The molecule has 9 heteroatoms. The minimum Gasteiger partial charge on any atom is -0.318 e. The van der Waals surface area contributed by atoms with E-state index in [-0.39, 0.29) is 11.4 Å². The molecule has 0 saturated carbocycles. The molecule has 0 bridgehead atoms. The molecule has 0 atom stereocenters. The number of hydrazine groups is 1. The number of nitrogens with two attached hydrogens (primary N) is 1. The van der Waals surface area contributed by atoms with Crippen LogP contribution in [0.2, 0.25) is 0 Å².